The van der Waals surface area contributed by atoms with Crippen molar-refractivity contribution in [1.29, 1.82) is 0 Å². The zero-order valence-corrected chi connectivity index (χ0v) is 19.0. The van der Waals surface area contributed by atoms with E-state index in [9.17, 15) is 13.6 Å². The number of rotatable bonds is 6. The first kappa shape index (κ1) is 23.0. The molecule has 10 heteroatoms. The summed E-state index contributed by atoms with van der Waals surface area (Å²) >= 11 is 6.35. The highest BCUT2D eigenvalue weighted by molar-refractivity contribution is 6.33. The number of benzene rings is 2. The predicted molar refractivity (Wildman–Crippen MR) is 122 cm³/mol. The van der Waals surface area contributed by atoms with E-state index >= 15 is 0 Å². The van der Waals surface area contributed by atoms with Crippen LogP contribution in [0.4, 0.5) is 14.5 Å². The lowest BCUT2D eigenvalue weighted by atomic mass is 10.1. The Morgan fingerprint density at radius 2 is 1.76 bits per heavy atom. The van der Waals surface area contributed by atoms with Gasteiger partial charge in [0.15, 0.2) is 5.82 Å². The highest BCUT2D eigenvalue weighted by Crippen LogP contribution is 2.27. The summed E-state index contributed by atoms with van der Waals surface area (Å²) in [7, 11) is 3.26. The van der Waals surface area contributed by atoms with Gasteiger partial charge < -0.3 is 14.4 Å². The van der Waals surface area contributed by atoms with Gasteiger partial charge in [0.05, 0.1) is 26.1 Å². The number of ether oxygens (including phenoxy) is 2. The van der Waals surface area contributed by atoms with Gasteiger partial charge in [-0.3, -0.25) is 9.69 Å². The minimum Gasteiger partial charge on any atom is -0.497 e. The van der Waals surface area contributed by atoms with Crippen molar-refractivity contribution in [2.45, 2.75) is 6.54 Å². The summed E-state index contributed by atoms with van der Waals surface area (Å²) in [5, 5.41) is 4.02. The lowest BCUT2D eigenvalue weighted by Gasteiger charge is -2.36. The molecule has 1 fully saturated rings. The van der Waals surface area contributed by atoms with E-state index in [1.807, 2.05) is 23.1 Å². The van der Waals surface area contributed by atoms with E-state index in [1.165, 1.54) is 6.20 Å². The van der Waals surface area contributed by atoms with Gasteiger partial charge in [-0.05, 0) is 30.3 Å². The fourth-order valence-corrected chi connectivity index (χ4v) is 4.11. The lowest BCUT2D eigenvalue weighted by Crippen LogP contribution is -2.46. The maximum absolute atomic E-state index is 14.1. The Labute approximate surface area is 194 Å². The van der Waals surface area contributed by atoms with Crippen molar-refractivity contribution < 1.29 is 18.3 Å². The molecule has 2 heterocycles. The molecular formula is C23H23ClF2N4O3. The Morgan fingerprint density at radius 3 is 2.42 bits per heavy atom. The molecule has 0 unspecified atom stereocenters. The van der Waals surface area contributed by atoms with Crippen LogP contribution < -0.4 is 19.9 Å². The summed E-state index contributed by atoms with van der Waals surface area (Å²) in [5.41, 5.74) is 0.683. The highest BCUT2D eigenvalue weighted by atomic mass is 35.5. The van der Waals surface area contributed by atoms with E-state index < -0.39 is 17.2 Å². The number of piperazine rings is 1. The first-order valence-corrected chi connectivity index (χ1v) is 10.7. The first-order chi connectivity index (χ1) is 15.9. The molecule has 0 amide bonds. The molecule has 0 saturated carbocycles. The van der Waals surface area contributed by atoms with Gasteiger partial charge in [-0.25, -0.2) is 8.78 Å². The lowest BCUT2D eigenvalue weighted by molar-refractivity contribution is 0.245. The van der Waals surface area contributed by atoms with Gasteiger partial charge in [-0.2, -0.15) is 9.78 Å². The third kappa shape index (κ3) is 4.79. The summed E-state index contributed by atoms with van der Waals surface area (Å²) < 4.78 is 38.9. The van der Waals surface area contributed by atoms with Crippen molar-refractivity contribution in [3.8, 4) is 17.2 Å². The molecule has 3 aromatic rings. The molecule has 1 aliphatic rings. The predicted octanol–water partition coefficient (Wildman–Crippen LogP) is 3.50. The highest BCUT2D eigenvalue weighted by Gasteiger charge is 2.23. The Hall–Kier alpha value is -3.17. The Bertz CT molecular complexity index is 1210. The van der Waals surface area contributed by atoms with Crippen LogP contribution in [0.5, 0.6) is 11.5 Å². The molecule has 1 saturated heterocycles. The molecule has 1 aliphatic heterocycles. The summed E-state index contributed by atoms with van der Waals surface area (Å²) in [6.45, 7) is 3.40. The van der Waals surface area contributed by atoms with Crippen molar-refractivity contribution in [3.05, 3.63) is 75.2 Å². The third-order valence-electron chi connectivity index (χ3n) is 5.63. The monoisotopic (exact) mass is 476 g/mol. The van der Waals surface area contributed by atoms with Gasteiger partial charge in [0.2, 0.25) is 0 Å². The van der Waals surface area contributed by atoms with Crippen molar-refractivity contribution in [1.82, 2.24) is 14.7 Å². The number of hydrogen-bond acceptors (Lipinski definition) is 6. The second-order valence-electron chi connectivity index (χ2n) is 7.60. The maximum Gasteiger partial charge on any atom is 0.292 e. The molecule has 2 aromatic carbocycles. The maximum atomic E-state index is 14.1. The van der Waals surface area contributed by atoms with Gasteiger partial charge in [-0.1, -0.05) is 11.6 Å². The van der Waals surface area contributed by atoms with E-state index in [0.29, 0.717) is 31.4 Å². The van der Waals surface area contributed by atoms with Crippen LogP contribution in [0.3, 0.4) is 0 Å². The van der Waals surface area contributed by atoms with E-state index in [1.54, 1.807) is 14.2 Å². The van der Waals surface area contributed by atoms with Crippen molar-refractivity contribution in [3.63, 3.8) is 0 Å². The number of methoxy groups -OCH3 is 2. The van der Waals surface area contributed by atoms with Crippen LogP contribution in [0, 0.1) is 11.6 Å². The molecule has 0 N–H and O–H groups in total. The SMILES string of the molecule is COc1ccc(OC)c(CN2CCN(c3cnn(-c4ccc(F)cc4F)c(=O)c3Cl)CC2)c1. The normalized spacial score (nSPS) is 14.4. The number of nitrogens with zero attached hydrogens (tertiary/aromatic N) is 4. The molecule has 0 bridgehead atoms. The van der Waals surface area contributed by atoms with Gasteiger partial charge in [0, 0.05) is 44.4 Å². The fraction of sp³-hybridized carbons (Fsp3) is 0.304. The van der Waals surface area contributed by atoms with Gasteiger partial charge in [0.1, 0.15) is 28.0 Å². The average molecular weight is 477 g/mol. The van der Waals surface area contributed by atoms with Crippen LogP contribution in [0.15, 0.2) is 47.4 Å². The minimum absolute atomic E-state index is 0.0587. The molecular weight excluding hydrogens is 454 g/mol. The van der Waals surface area contributed by atoms with E-state index in [0.717, 1.165) is 47.0 Å². The molecule has 1 aromatic heterocycles. The number of hydrogen-bond donors (Lipinski definition) is 0. The molecule has 0 atom stereocenters. The van der Waals surface area contributed by atoms with E-state index in [-0.39, 0.29) is 10.7 Å². The molecule has 4 rings (SSSR count). The number of anilines is 1. The van der Waals surface area contributed by atoms with Crippen LogP contribution >= 0.6 is 11.6 Å². The summed E-state index contributed by atoms with van der Waals surface area (Å²) in [6, 6.07) is 8.61. The zero-order chi connectivity index (χ0) is 23.5. The van der Waals surface area contributed by atoms with Crippen molar-refractivity contribution >= 4 is 17.3 Å². The van der Waals surface area contributed by atoms with E-state index in [4.69, 9.17) is 21.1 Å². The van der Waals surface area contributed by atoms with Crippen LogP contribution in [0.2, 0.25) is 5.02 Å². The van der Waals surface area contributed by atoms with Crippen LogP contribution in [0.1, 0.15) is 5.56 Å². The molecule has 33 heavy (non-hydrogen) atoms. The summed E-state index contributed by atoms with van der Waals surface area (Å²) in [5.74, 6) is -0.0750. The second-order valence-corrected chi connectivity index (χ2v) is 7.98. The van der Waals surface area contributed by atoms with Gasteiger partial charge in [-0.15, -0.1) is 0 Å². The van der Waals surface area contributed by atoms with Crippen molar-refractivity contribution in [2.24, 2.45) is 0 Å². The van der Waals surface area contributed by atoms with Gasteiger partial charge in [0.25, 0.3) is 5.56 Å². The molecule has 0 spiro atoms. The Morgan fingerprint density at radius 1 is 1.00 bits per heavy atom. The minimum atomic E-state index is -0.894. The number of halogens is 3. The molecule has 7 nitrogen and oxygen atoms in total. The van der Waals surface area contributed by atoms with Crippen LogP contribution in [-0.4, -0.2) is 55.1 Å². The average Bonchev–Trinajstić information content (AvgIpc) is 2.82. The van der Waals surface area contributed by atoms with Crippen molar-refractivity contribution in [2.75, 3.05) is 45.3 Å². The molecule has 174 valence electrons. The quantitative estimate of drug-likeness (QED) is 0.542. The standard InChI is InChI=1S/C23H23ClF2N4O3/c1-32-17-4-6-21(33-2)15(11-17)14-28-7-9-29(10-8-28)20-13-27-30(23(31)22(20)24)19-5-3-16(25)12-18(19)26/h3-6,11-13H,7-10,14H2,1-2H3. The topological polar surface area (TPSA) is 59.8 Å². The second kappa shape index (κ2) is 9.76. The van der Waals surface area contributed by atoms with Crippen LogP contribution in [-0.2, 0) is 6.54 Å². The third-order valence-corrected chi connectivity index (χ3v) is 5.99. The number of aromatic nitrogens is 2. The van der Waals surface area contributed by atoms with E-state index in [2.05, 4.69) is 10.00 Å². The summed E-state index contributed by atoms with van der Waals surface area (Å²) in [4.78, 5) is 17.0. The zero-order valence-electron chi connectivity index (χ0n) is 18.2. The smallest absolute Gasteiger partial charge is 0.292 e. The summed E-state index contributed by atoms with van der Waals surface area (Å²) in [6.07, 6.45) is 1.44. The molecule has 0 aliphatic carbocycles. The fourth-order valence-electron chi connectivity index (χ4n) is 3.86. The first-order valence-electron chi connectivity index (χ1n) is 10.3. The van der Waals surface area contributed by atoms with Gasteiger partial charge >= 0.3 is 0 Å². The largest absolute Gasteiger partial charge is 0.497 e. The Kier molecular flexibility index (Phi) is 6.80. The molecule has 0 radical (unpaired) electrons. The Balaban J connectivity index is 1.48. The van der Waals surface area contributed by atoms with Crippen LogP contribution in [0.25, 0.3) is 5.69 Å².